The lowest BCUT2D eigenvalue weighted by molar-refractivity contribution is 0.0868. The molecule has 0 saturated heterocycles. The number of nitrogens with zero attached hydrogens (tertiary/aromatic N) is 1. The highest BCUT2D eigenvalue weighted by Gasteiger charge is 2.32. The Morgan fingerprint density at radius 3 is 2.76 bits per heavy atom. The van der Waals surface area contributed by atoms with Gasteiger partial charge in [0.25, 0.3) is 5.91 Å². The topological polar surface area (TPSA) is 42.0 Å². The van der Waals surface area contributed by atoms with Gasteiger partial charge in [0, 0.05) is 12.2 Å². The summed E-state index contributed by atoms with van der Waals surface area (Å²) in [4.78, 5) is 16.4. The van der Waals surface area contributed by atoms with E-state index in [0.29, 0.717) is 28.3 Å². The van der Waals surface area contributed by atoms with Crippen LogP contribution in [0.2, 0.25) is 10.2 Å². The Morgan fingerprint density at radius 1 is 1.38 bits per heavy atom. The predicted molar refractivity (Wildman–Crippen MR) is 86.9 cm³/mol. The summed E-state index contributed by atoms with van der Waals surface area (Å²) in [5, 5.41) is 3.77. The zero-order valence-corrected chi connectivity index (χ0v) is 14.2. The molecule has 3 unspecified atom stereocenters. The van der Waals surface area contributed by atoms with Crippen LogP contribution in [-0.2, 0) is 0 Å². The van der Waals surface area contributed by atoms with E-state index in [1.165, 1.54) is 18.7 Å². The molecule has 0 spiro atoms. The molecular weight excluding hydrogens is 307 g/mol. The summed E-state index contributed by atoms with van der Waals surface area (Å²) < 4.78 is 0. The van der Waals surface area contributed by atoms with Crippen molar-refractivity contribution in [2.45, 2.75) is 46.1 Å². The lowest BCUT2D eigenvalue weighted by Gasteiger charge is -2.37. The van der Waals surface area contributed by atoms with Gasteiger partial charge in [0.1, 0.15) is 5.15 Å². The molecule has 2 rings (SSSR count). The highest BCUT2D eigenvalue weighted by Crippen LogP contribution is 2.33. The number of hydrogen-bond donors (Lipinski definition) is 1. The Balaban J connectivity index is 2.14. The largest absolute Gasteiger partial charge is 0.349 e. The molecule has 0 aromatic carbocycles. The van der Waals surface area contributed by atoms with E-state index >= 15 is 0 Å². The second-order valence-electron chi connectivity index (χ2n) is 6.39. The van der Waals surface area contributed by atoms with Crippen LogP contribution in [0.25, 0.3) is 0 Å². The Labute approximate surface area is 136 Å². The van der Waals surface area contributed by atoms with Crippen LogP contribution < -0.4 is 5.32 Å². The fraction of sp³-hybridized carbons (Fsp3) is 0.625. The van der Waals surface area contributed by atoms with Gasteiger partial charge < -0.3 is 5.32 Å². The lowest BCUT2D eigenvalue weighted by atomic mass is 9.74. The fourth-order valence-corrected chi connectivity index (χ4v) is 3.55. The van der Waals surface area contributed by atoms with Gasteiger partial charge >= 0.3 is 0 Å². The first-order valence-corrected chi connectivity index (χ1v) is 8.26. The summed E-state index contributed by atoms with van der Waals surface area (Å²) in [6.07, 6.45) is 4.83. The molecule has 1 aliphatic rings. The molecule has 1 fully saturated rings. The molecule has 1 heterocycles. The zero-order valence-electron chi connectivity index (χ0n) is 12.7. The number of rotatable bonds is 3. The predicted octanol–water partition coefficient (Wildman–Crippen LogP) is 4.58. The summed E-state index contributed by atoms with van der Waals surface area (Å²) in [6.45, 7) is 6.68. The van der Waals surface area contributed by atoms with Gasteiger partial charge in [-0.25, -0.2) is 4.98 Å². The van der Waals surface area contributed by atoms with E-state index in [2.05, 4.69) is 31.1 Å². The van der Waals surface area contributed by atoms with Gasteiger partial charge in [0.15, 0.2) is 0 Å². The molecule has 116 valence electrons. The highest BCUT2D eigenvalue weighted by atomic mass is 35.5. The minimum Gasteiger partial charge on any atom is -0.349 e. The molecule has 1 N–H and O–H groups in total. The number of pyridine rings is 1. The summed E-state index contributed by atoms with van der Waals surface area (Å²) >= 11 is 11.9. The number of aromatic nitrogens is 1. The van der Waals surface area contributed by atoms with Crippen LogP contribution in [0.15, 0.2) is 12.3 Å². The third kappa shape index (κ3) is 4.10. The van der Waals surface area contributed by atoms with Crippen LogP contribution in [0.3, 0.4) is 0 Å². The first-order valence-electron chi connectivity index (χ1n) is 7.50. The van der Waals surface area contributed by atoms with Crippen molar-refractivity contribution in [2.24, 2.45) is 17.8 Å². The Kier molecular flexibility index (Phi) is 5.50. The van der Waals surface area contributed by atoms with Crippen LogP contribution >= 0.6 is 23.2 Å². The van der Waals surface area contributed by atoms with Crippen molar-refractivity contribution in [3.63, 3.8) is 0 Å². The molecule has 1 aromatic rings. The quantitative estimate of drug-likeness (QED) is 0.825. The van der Waals surface area contributed by atoms with Gasteiger partial charge in [0.2, 0.25) is 0 Å². The van der Waals surface area contributed by atoms with Crippen LogP contribution in [-0.4, -0.2) is 16.9 Å². The number of carbonyl (C=O) groups is 1. The maximum absolute atomic E-state index is 12.5. The van der Waals surface area contributed by atoms with Gasteiger partial charge in [-0.1, -0.05) is 50.4 Å². The molecule has 0 radical (unpaired) electrons. The van der Waals surface area contributed by atoms with E-state index in [-0.39, 0.29) is 17.1 Å². The third-order valence-electron chi connectivity index (χ3n) is 4.41. The summed E-state index contributed by atoms with van der Waals surface area (Å²) in [7, 11) is 0. The van der Waals surface area contributed by atoms with Crippen molar-refractivity contribution >= 4 is 29.1 Å². The maximum Gasteiger partial charge on any atom is 0.253 e. The van der Waals surface area contributed by atoms with Gasteiger partial charge in [-0.2, -0.15) is 0 Å². The van der Waals surface area contributed by atoms with Gasteiger partial charge in [-0.15, -0.1) is 0 Å². The second kappa shape index (κ2) is 6.97. The first-order chi connectivity index (χ1) is 9.88. The molecule has 21 heavy (non-hydrogen) atoms. The van der Waals surface area contributed by atoms with E-state index in [9.17, 15) is 4.79 Å². The number of carbonyl (C=O) groups excluding carboxylic acids is 1. The van der Waals surface area contributed by atoms with E-state index in [1.807, 2.05) is 0 Å². The van der Waals surface area contributed by atoms with Gasteiger partial charge in [-0.05, 0) is 36.7 Å². The monoisotopic (exact) mass is 328 g/mol. The smallest absolute Gasteiger partial charge is 0.253 e. The van der Waals surface area contributed by atoms with Crippen molar-refractivity contribution in [2.75, 3.05) is 0 Å². The van der Waals surface area contributed by atoms with E-state index in [0.717, 1.165) is 12.8 Å². The highest BCUT2D eigenvalue weighted by molar-refractivity contribution is 6.35. The second-order valence-corrected chi connectivity index (χ2v) is 7.19. The van der Waals surface area contributed by atoms with Gasteiger partial charge in [0.05, 0.1) is 10.6 Å². The van der Waals surface area contributed by atoms with E-state index in [4.69, 9.17) is 23.2 Å². The van der Waals surface area contributed by atoms with Crippen molar-refractivity contribution in [1.82, 2.24) is 10.3 Å². The zero-order chi connectivity index (χ0) is 15.6. The number of nitrogens with one attached hydrogen (secondary N) is 1. The first kappa shape index (κ1) is 16.6. The molecule has 5 heteroatoms. The SMILES string of the molecule is CC1CCC(C(C)C)C(NC(=O)c2cc(Cl)ncc2Cl)C1. The molecule has 1 aromatic heterocycles. The molecule has 1 saturated carbocycles. The van der Waals surface area contributed by atoms with Crippen LogP contribution in [0.5, 0.6) is 0 Å². The van der Waals surface area contributed by atoms with Crippen molar-refractivity contribution in [3.8, 4) is 0 Å². The number of halogens is 2. The summed E-state index contributed by atoms with van der Waals surface area (Å²) in [5.41, 5.74) is 0.400. The number of amides is 1. The third-order valence-corrected chi connectivity index (χ3v) is 4.91. The summed E-state index contributed by atoms with van der Waals surface area (Å²) in [6, 6.07) is 1.72. The Morgan fingerprint density at radius 2 is 2.10 bits per heavy atom. The van der Waals surface area contributed by atoms with Crippen LogP contribution in [0.4, 0.5) is 0 Å². The average Bonchev–Trinajstić information content (AvgIpc) is 2.41. The lowest BCUT2D eigenvalue weighted by Crippen LogP contribution is -2.45. The molecule has 1 aliphatic carbocycles. The van der Waals surface area contributed by atoms with E-state index in [1.54, 1.807) is 0 Å². The normalized spacial score (nSPS) is 25.9. The fourth-order valence-electron chi connectivity index (χ4n) is 3.20. The molecule has 0 bridgehead atoms. The standard InChI is InChI=1S/C16H22Cl2N2O/c1-9(2)11-5-4-10(3)6-14(11)20-16(21)12-7-15(18)19-8-13(12)17/h7-11,14H,4-6H2,1-3H3,(H,20,21). The molecule has 0 aliphatic heterocycles. The molecule has 1 amide bonds. The summed E-state index contributed by atoms with van der Waals surface area (Å²) in [5.74, 6) is 1.55. The van der Waals surface area contributed by atoms with Crippen molar-refractivity contribution in [3.05, 3.63) is 28.0 Å². The molecule has 3 nitrogen and oxygen atoms in total. The maximum atomic E-state index is 12.5. The van der Waals surface area contributed by atoms with Crippen LogP contribution in [0, 0.1) is 17.8 Å². The number of hydrogen-bond acceptors (Lipinski definition) is 2. The van der Waals surface area contributed by atoms with Crippen molar-refractivity contribution in [1.29, 1.82) is 0 Å². The van der Waals surface area contributed by atoms with Crippen LogP contribution in [0.1, 0.15) is 50.4 Å². The molecule has 3 atom stereocenters. The Bertz CT molecular complexity index is 519. The van der Waals surface area contributed by atoms with Gasteiger partial charge in [-0.3, -0.25) is 4.79 Å². The average molecular weight is 329 g/mol. The Hall–Kier alpha value is -0.800. The minimum atomic E-state index is -0.158. The van der Waals surface area contributed by atoms with E-state index < -0.39 is 0 Å². The minimum absolute atomic E-state index is 0.158. The van der Waals surface area contributed by atoms with Crippen molar-refractivity contribution < 1.29 is 4.79 Å². The molecular formula is C16H22Cl2N2O.